The zero-order valence-electron chi connectivity index (χ0n) is 8.43. The smallest absolute Gasteiger partial charge is 0.221 e. The van der Waals surface area contributed by atoms with Crippen molar-refractivity contribution in [1.29, 1.82) is 0 Å². The van der Waals surface area contributed by atoms with Crippen molar-refractivity contribution in [3.8, 4) is 0 Å². The second-order valence-electron chi connectivity index (χ2n) is 3.25. The molecule has 0 saturated heterocycles. The Kier molecular flexibility index (Phi) is 3.96. The largest absolute Gasteiger partial charge is 0.325 e. The van der Waals surface area contributed by atoms with Gasteiger partial charge in [0.1, 0.15) is 0 Å². The Morgan fingerprint density at radius 1 is 1.50 bits per heavy atom. The summed E-state index contributed by atoms with van der Waals surface area (Å²) in [6.45, 7) is 3.59. The molecule has 3 heteroatoms. The molecule has 0 aliphatic heterocycles. The van der Waals surface area contributed by atoms with Gasteiger partial charge < -0.3 is 5.32 Å². The highest BCUT2D eigenvalue weighted by molar-refractivity contribution is 6.33. The normalized spacial score (nSPS) is 9.93. The van der Waals surface area contributed by atoms with Gasteiger partial charge in [-0.15, -0.1) is 0 Å². The Bertz CT molecular complexity index is 336. The summed E-state index contributed by atoms with van der Waals surface area (Å²) >= 11 is 5.99. The van der Waals surface area contributed by atoms with Crippen LogP contribution in [0.2, 0.25) is 5.02 Å². The van der Waals surface area contributed by atoms with E-state index in [1.165, 1.54) is 12.5 Å². The minimum absolute atomic E-state index is 0.102. The monoisotopic (exact) mass is 211 g/mol. The molecule has 1 amide bonds. The summed E-state index contributed by atoms with van der Waals surface area (Å²) in [4.78, 5) is 10.8. The molecule has 1 N–H and O–H groups in total. The average molecular weight is 212 g/mol. The van der Waals surface area contributed by atoms with E-state index in [1.54, 1.807) is 0 Å². The molecule has 1 aromatic carbocycles. The quantitative estimate of drug-likeness (QED) is 0.817. The molecule has 0 aliphatic rings. The molecule has 0 heterocycles. The summed E-state index contributed by atoms with van der Waals surface area (Å²) in [5, 5.41) is 3.27. The van der Waals surface area contributed by atoms with E-state index >= 15 is 0 Å². The van der Waals surface area contributed by atoms with Crippen molar-refractivity contribution in [1.82, 2.24) is 0 Å². The molecule has 1 aromatic rings. The van der Waals surface area contributed by atoms with Gasteiger partial charge in [-0.2, -0.15) is 0 Å². The van der Waals surface area contributed by atoms with Crippen molar-refractivity contribution >= 4 is 23.2 Å². The minimum atomic E-state index is -0.102. The zero-order chi connectivity index (χ0) is 10.6. The number of aryl methyl sites for hydroxylation is 1. The number of amides is 1. The average Bonchev–Trinajstić information content (AvgIpc) is 2.10. The number of anilines is 1. The number of rotatable bonds is 3. The van der Waals surface area contributed by atoms with Crippen LogP contribution in [-0.4, -0.2) is 5.91 Å². The molecule has 1 rings (SSSR count). The molecule has 0 radical (unpaired) electrons. The molecular formula is C11H14ClNO. The Hall–Kier alpha value is -1.02. The Labute approximate surface area is 89.3 Å². The number of benzene rings is 1. The van der Waals surface area contributed by atoms with Crippen molar-refractivity contribution in [2.75, 3.05) is 5.32 Å². The van der Waals surface area contributed by atoms with E-state index in [-0.39, 0.29) is 5.91 Å². The van der Waals surface area contributed by atoms with E-state index in [2.05, 4.69) is 12.2 Å². The van der Waals surface area contributed by atoms with Gasteiger partial charge in [-0.1, -0.05) is 31.0 Å². The molecule has 2 nitrogen and oxygen atoms in total. The second-order valence-corrected chi connectivity index (χ2v) is 3.65. The van der Waals surface area contributed by atoms with Gasteiger partial charge >= 0.3 is 0 Å². The van der Waals surface area contributed by atoms with Crippen molar-refractivity contribution < 1.29 is 4.79 Å². The van der Waals surface area contributed by atoms with E-state index in [1.807, 2.05) is 18.2 Å². The number of halogens is 1. The summed E-state index contributed by atoms with van der Waals surface area (Å²) in [5.41, 5.74) is 1.88. The van der Waals surface area contributed by atoms with Crippen LogP contribution >= 0.6 is 11.6 Å². The lowest BCUT2D eigenvalue weighted by Crippen LogP contribution is -2.06. The summed E-state index contributed by atoms with van der Waals surface area (Å²) in [7, 11) is 0. The third-order valence-electron chi connectivity index (χ3n) is 1.88. The maximum atomic E-state index is 10.8. The molecule has 0 bridgehead atoms. The van der Waals surface area contributed by atoms with E-state index in [9.17, 15) is 4.79 Å². The third kappa shape index (κ3) is 3.04. The van der Waals surface area contributed by atoms with Crippen LogP contribution in [-0.2, 0) is 11.2 Å². The summed E-state index contributed by atoms with van der Waals surface area (Å²) in [6.07, 6.45) is 2.11. The van der Waals surface area contributed by atoms with Crippen molar-refractivity contribution in [3.63, 3.8) is 0 Å². The van der Waals surface area contributed by atoms with Crippen LogP contribution in [0.3, 0.4) is 0 Å². The van der Waals surface area contributed by atoms with Gasteiger partial charge in [0, 0.05) is 6.92 Å². The van der Waals surface area contributed by atoms with Crippen molar-refractivity contribution in [2.24, 2.45) is 0 Å². The van der Waals surface area contributed by atoms with E-state index in [0.717, 1.165) is 12.8 Å². The lowest BCUT2D eigenvalue weighted by Gasteiger charge is -2.06. The third-order valence-corrected chi connectivity index (χ3v) is 2.20. The van der Waals surface area contributed by atoms with E-state index in [4.69, 9.17) is 11.6 Å². The molecule has 0 spiro atoms. The molecule has 76 valence electrons. The van der Waals surface area contributed by atoms with Gasteiger partial charge in [-0.25, -0.2) is 0 Å². The number of hydrogen-bond acceptors (Lipinski definition) is 1. The SMILES string of the molecule is CCCc1ccc(NC(C)=O)c(Cl)c1. The highest BCUT2D eigenvalue weighted by atomic mass is 35.5. The summed E-state index contributed by atoms with van der Waals surface area (Å²) in [6, 6.07) is 5.73. The second kappa shape index (κ2) is 5.01. The zero-order valence-corrected chi connectivity index (χ0v) is 9.19. The highest BCUT2D eigenvalue weighted by Gasteiger charge is 2.02. The minimum Gasteiger partial charge on any atom is -0.325 e. The molecule has 0 aromatic heterocycles. The Balaban J connectivity index is 2.84. The van der Waals surface area contributed by atoms with Crippen LogP contribution in [0.1, 0.15) is 25.8 Å². The van der Waals surface area contributed by atoms with Gasteiger partial charge in [0.15, 0.2) is 0 Å². The first-order valence-electron chi connectivity index (χ1n) is 4.69. The van der Waals surface area contributed by atoms with Crippen molar-refractivity contribution in [3.05, 3.63) is 28.8 Å². The first-order valence-corrected chi connectivity index (χ1v) is 5.07. The van der Waals surface area contributed by atoms with Crippen LogP contribution in [0.5, 0.6) is 0 Å². The number of carbonyl (C=O) groups is 1. The van der Waals surface area contributed by atoms with E-state index < -0.39 is 0 Å². The van der Waals surface area contributed by atoms with Crippen LogP contribution in [0.4, 0.5) is 5.69 Å². The van der Waals surface area contributed by atoms with Crippen LogP contribution in [0.25, 0.3) is 0 Å². The maximum absolute atomic E-state index is 10.8. The topological polar surface area (TPSA) is 29.1 Å². The predicted molar refractivity (Wildman–Crippen MR) is 59.8 cm³/mol. The fourth-order valence-electron chi connectivity index (χ4n) is 1.29. The van der Waals surface area contributed by atoms with Crippen LogP contribution in [0, 0.1) is 0 Å². The fraction of sp³-hybridized carbons (Fsp3) is 0.364. The Morgan fingerprint density at radius 2 is 2.21 bits per heavy atom. The van der Waals surface area contributed by atoms with Crippen LogP contribution in [0.15, 0.2) is 18.2 Å². The molecule has 0 unspecified atom stereocenters. The predicted octanol–water partition coefficient (Wildman–Crippen LogP) is 3.25. The highest BCUT2D eigenvalue weighted by Crippen LogP contribution is 2.23. The Morgan fingerprint density at radius 3 is 2.71 bits per heavy atom. The number of carbonyl (C=O) groups excluding carboxylic acids is 1. The standard InChI is InChI=1S/C11H14ClNO/c1-3-4-9-5-6-11(10(12)7-9)13-8(2)14/h5-7H,3-4H2,1-2H3,(H,13,14). The molecular weight excluding hydrogens is 198 g/mol. The first kappa shape index (κ1) is 11.1. The van der Waals surface area contributed by atoms with Crippen molar-refractivity contribution in [2.45, 2.75) is 26.7 Å². The molecule has 0 saturated carbocycles. The van der Waals surface area contributed by atoms with Crippen LogP contribution < -0.4 is 5.32 Å². The summed E-state index contributed by atoms with van der Waals surface area (Å²) < 4.78 is 0. The lowest BCUT2D eigenvalue weighted by molar-refractivity contribution is -0.114. The molecule has 0 fully saturated rings. The molecule has 0 aliphatic carbocycles. The lowest BCUT2D eigenvalue weighted by atomic mass is 10.1. The summed E-state index contributed by atoms with van der Waals surface area (Å²) in [5.74, 6) is -0.102. The molecule has 0 atom stereocenters. The first-order chi connectivity index (χ1) is 6.63. The van der Waals surface area contributed by atoms with Gasteiger partial charge in [-0.3, -0.25) is 4.79 Å². The number of hydrogen-bond donors (Lipinski definition) is 1. The van der Waals surface area contributed by atoms with E-state index in [0.29, 0.717) is 10.7 Å². The van der Waals surface area contributed by atoms with Gasteiger partial charge in [-0.05, 0) is 24.1 Å². The number of nitrogens with one attached hydrogen (secondary N) is 1. The van der Waals surface area contributed by atoms with Gasteiger partial charge in [0.25, 0.3) is 0 Å². The maximum Gasteiger partial charge on any atom is 0.221 e. The van der Waals surface area contributed by atoms with Gasteiger partial charge in [0.2, 0.25) is 5.91 Å². The fourth-order valence-corrected chi connectivity index (χ4v) is 1.54. The molecule has 14 heavy (non-hydrogen) atoms. The van der Waals surface area contributed by atoms with Gasteiger partial charge in [0.05, 0.1) is 10.7 Å².